The van der Waals surface area contributed by atoms with Crippen molar-refractivity contribution in [3.8, 4) is 0 Å². The molecule has 6 aromatic rings. The maximum atomic E-state index is 13.8. The third-order valence-electron chi connectivity index (χ3n) is 9.90. The highest BCUT2D eigenvalue weighted by atomic mass is 35.5. The lowest BCUT2D eigenvalue weighted by molar-refractivity contribution is -0.0552. The molecule has 1 unspecified atom stereocenters. The molecule has 3 aliphatic rings. The first-order chi connectivity index (χ1) is 27.4. The quantitative estimate of drug-likeness (QED) is 0.0914. The van der Waals surface area contributed by atoms with Gasteiger partial charge in [0.2, 0.25) is 11.9 Å². The molecular formula is C31H33ClN13O11P. The van der Waals surface area contributed by atoms with Gasteiger partial charge in [-0.1, -0.05) is 28.9 Å². The maximum Gasteiger partial charge on any atom is 0.475 e. The number of benzene rings is 1. The van der Waals surface area contributed by atoms with Gasteiger partial charge in [-0.25, -0.2) is 19.2 Å². The molecule has 10 atom stereocenters. The van der Waals surface area contributed by atoms with E-state index in [9.17, 15) is 29.5 Å². The fraction of sp³-hybridized carbons (Fsp3) is 0.419. The first-order valence-electron chi connectivity index (χ1n) is 17.4. The van der Waals surface area contributed by atoms with Crippen molar-refractivity contribution in [1.82, 2.24) is 54.0 Å². The minimum absolute atomic E-state index is 0.0182. The molecule has 24 nitrogen and oxygen atoms in total. The molecule has 0 amide bonds. The standard InChI is InChI=1S/C31H33ClN13O11P/c32-13-3-1-2-12(6-13)15-4-5-52-57(51,56-15)53-9-17-20(22(47)28(55-17)43-10-35-18-24(43)37-30(33)39-26(18)49)45-8-14(41-42-45)7-16-21(46)23(48)29(54-16)44-11-36-19-25(44)38-31(34)40-27(19)50/h1-3,6,8,10-11,15-17,20-23,28-29,46-48H,4-5,7,9H2,(H3,33,37,39,49)(H3,34,38,40,50)/t15-,16-,17-,20-,21-,22-,23-,28-,29-,57?/m1/s1. The van der Waals surface area contributed by atoms with Gasteiger partial charge in [0.1, 0.15) is 30.5 Å². The third kappa shape index (κ3) is 6.78. The molecule has 0 aliphatic carbocycles. The molecule has 3 aliphatic heterocycles. The summed E-state index contributed by atoms with van der Waals surface area (Å²) < 4.78 is 47.1. The first-order valence-corrected chi connectivity index (χ1v) is 19.2. The number of hydrogen-bond donors (Lipinski definition) is 7. The van der Waals surface area contributed by atoms with E-state index in [4.69, 9.17) is 46.1 Å². The molecule has 3 saturated heterocycles. The average Bonchev–Trinajstić information content (AvgIpc) is 4.00. The molecule has 0 radical (unpaired) electrons. The van der Waals surface area contributed by atoms with Crippen LogP contribution in [-0.2, 0) is 34.0 Å². The van der Waals surface area contributed by atoms with E-state index in [0.29, 0.717) is 17.0 Å². The number of imidazole rings is 2. The number of aromatic amines is 2. The lowest BCUT2D eigenvalue weighted by atomic mass is 10.1. The van der Waals surface area contributed by atoms with Crippen LogP contribution in [0.4, 0.5) is 11.9 Å². The Labute approximate surface area is 322 Å². The Hall–Kier alpha value is -5.14. The normalized spacial score (nSPS) is 30.5. The van der Waals surface area contributed by atoms with E-state index in [1.54, 1.807) is 24.3 Å². The number of phosphoric acid groups is 1. The highest BCUT2D eigenvalue weighted by Gasteiger charge is 2.50. The van der Waals surface area contributed by atoms with Crippen LogP contribution < -0.4 is 22.6 Å². The predicted molar refractivity (Wildman–Crippen MR) is 193 cm³/mol. The number of nitrogens with two attached hydrogens (primary N) is 2. The monoisotopic (exact) mass is 829 g/mol. The van der Waals surface area contributed by atoms with Gasteiger partial charge < -0.3 is 36.3 Å². The minimum atomic E-state index is -4.20. The molecule has 9 rings (SSSR count). The second-order valence-electron chi connectivity index (χ2n) is 13.6. The zero-order valence-corrected chi connectivity index (χ0v) is 30.8. The van der Waals surface area contributed by atoms with Crippen LogP contribution in [0.2, 0.25) is 5.02 Å². The van der Waals surface area contributed by atoms with Crippen LogP contribution in [-0.4, -0.2) is 113 Å². The van der Waals surface area contributed by atoms with Crippen molar-refractivity contribution < 1.29 is 42.9 Å². The van der Waals surface area contributed by atoms with Gasteiger partial charge in [-0.15, -0.1) is 5.10 Å². The summed E-state index contributed by atoms with van der Waals surface area (Å²) in [6.45, 7) is -0.400. The summed E-state index contributed by atoms with van der Waals surface area (Å²) in [5.41, 5.74) is 11.2. The average molecular weight is 830 g/mol. The van der Waals surface area contributed by atoms with E-state index in [1.807, 2.05) is 0 Å². The number of H-pyrrole nitrogens is 2. The van der Waals surface area contributed by atoms with E-state index >= 15 is 0 Å². The van der Waals surface area contributed by atoms with E-state index in [2.05, 4.69) is 40.2 Å². The number of anilines is 2. The van der Waals surface area contributed by atoms with Crippen LogP contribution in [0.25, 0.3) is 22.3 Å². The Kier molecular flexibility index (Phi) is 9.43. The van der Waals surface area contributed by atoms with Crippen molar-refractivity contribution in [3.63, 3.8) is 0 Å². The number of aromatic nitrogens is 11. The smallest absolute Gasteiger partial charge is 0.388 e. The van der Waals surface area contributed by atoms with Crippen molar-refractivity contribution >= 4 is 53.6 Å². The summed E-state index contributed by atoms with van der Waals surface area (Å²) in [6.07, 6.45) is -5.33. The first kappa shape index (κ1) is 37.4. The van der Waals surface area contributed by atoms with Crippen molar-refractivity contribution in [2.45, 2.75) is 68.0 Å². The van der Waals surface area contributed by atoms with Gasteiger partial charge in [-0.05, 0) is 17.7 Å². The molecule has 0 saturated carbocycles. The minimum Gasteiger partial charge on any atom is -0.388 e. The van der Waals surface area contributed by atoms with Crippen LogP contribution in [0, 0.1) is 0 Å². The van der Waals surface area contributed by atoms with Crippen LogP contribution in [0.3, 0.4) is 0 Å². The summed E-state index contributed by atoms with van der Waals surface area (Å²) in [6, 6.07) is 5.81. The highest BCUT2D eigenvalue weighted by molar-refractivity contribution is 7.48. The number of nitrogens with one attached hydrogen (secondary N) is 2. The van der Waals surface area contributed by atoms with Crippen molar-refractivity contribution in [1.29, 1.82) is 0 Å². The van der Waals surface area contributed by atoms with Crippen LogP contribution in [0.15, 0.2) is 52.7 Å². The number of hydrogen-bond acceptors (Lipinski definition) is 19. The van der Waals surface area contributed by atoms with Gasteiger partial charge in [0, 0.05) is 24.1 Å². The van der Waals surface area contributed by atoms with E-state index < -0.39 is 80.7 Å². The van der Waals surface area contributed by atoms with Gasteiger partial charge in [0.15, 0.2) is 34.8 Å². The Morgan fingerprint density at radius 1 is 0.930 bits per heavy atom. The molecule has 0 spiro atoms. The fourth-order valence-corrected chi connectivity index (χ4v) is 8.84. The Morgan fingerprint density at radius 3 is 2.25 bits per heavy atom. The fourth-order valence-electron chi connectivity index (χ4n) is 7.25. The lowest BCUT2D eigenvalue weighted by Gasteiger charge is -2.30. The number of nitrogen functional groups attached to an aromatic ring is 2. The molecule has 57 heavy (non-hydrogen) atoms. The van der Waals surface area contributed by atoms with Crippen molar-refractivity contribution in [2.24, 2.45) is 0 Å². The van der Waals surface area contributed by atoms with Gasteiger partial charge in [-0.3, -0.25) is 42.3 Å². The third-order valence-corrected chi connectivity index (χ3v) is 11.6. The van der Waals surface area contributed by atoms with Gasteiger partial charge in [0.25, 0.3) is 11.1 Å². The summed E-state index contributed by atoms with van der Waals surface area (Å²) in [5.74, 6) is -0.375. The summed E-state index contributed by atoms with van der Waals surface area (Å²) in [7, 11) is -4.20. The van der Waals surface area contributed by atoms with Gasteiger partial charge in [-0.2, -0.15) is 9.97 Å². The number of nitrogens with zero attached hydrogens (tertiary/aromatic N) is 9. The molecule has 9 N–H and O–H groups in total. The van der Waals surface area contributed by atoms with Gasteiger partial charge in [0.05, 0.1) is 43.8 Å². The predicted octanol–water partition coefficient (Wildman–Crippen LogP) is -0.374. The largest absolute Gasteiger partial charge is 0.475 e. The molecule has 8 heterocycles. The Balaban J connectivity index is 0.976. The van der Waals surface area contributed by atoms with E-state index in [0.717, 1.165) is 0 Å². The van der Waals surface area contributed by atoms with Crippen LogP contribution in [0.5, 0.6) is 0 Å². The van der Waals surface area contributed by atoms with Crippen LogP contribution in [0.1, 0.15) is 42.3 Å². The number of fused-ring (bicyclic) bond motifs is 2. The van der Waals surface area contributed by atoms with Crippen molar-refractivity contribution in [2.75, 3.05) is 24.7 Å². The summed E-state index contributed by atoms with van der Waals surface area (Å²) in [4.78, 5) is 46.0. The Morgan fingerprint density at radius 2 is 1.58 bits per heavy atom. The second kappa shape index (κ2) is 14.4. The number of halogens is 1. The van der Waals surface area contributed by atoms with Gasteiger partial charge >= 0.3 is 7.82 Å². The number of phosphoric ester groups is 1. The number of aliphatic hydroxyl groups is 3. The number of aliphatic hydroxyl groups excluding tert-OH is 3. The molecule has 5 aromatic heterocycles. The zero-order valence-electron chi connectivity index (χ0n) is 29.2. The lowest BCUT2D eigenvalue weighted by Crippen LogP contribution is -2.33. The topological polar surface area (TPSA) is 334 Å². The maximum absolute atomic E-state index is 13.8. The van der Waals surface area contributed by atoms with Crippen LogP contribution >= 0.6 is 19.4 Å². The number of ether oxygens (including phenoxy) is 2. The Bertz CT molecular complexity index is 2650. The molecule has 0 bridgehead atoms. The molecule has 26 heteroatoms. The molecule has 1 aromatic carbocycles. The SMILES string of the molecule is Nc1nc2c(ncn2[C@@H]2O[C@H](Cc3cn([C@H]4[C@@H](O)[C@H](n5cnc6c(=O)[nH]c(N)nc65)O[C@@H]4COP4(=O)OCC[C@H](c5cccc(Cl)c5)O4)nn3)[C@@H](O)[C@H]2O)c(=O)[nH]1. The second-order valence-corrected chi connectivity index (χ2v) is 15.6. The molecule has 3 fully saturated rings. The van der Waals surface area contributed by atoms with E-state index in [1.165, 1.54) is 32.7 Å². The van der Waals surface area contributed by atoms with Crippen molar-refractivity contribution in [3.05, 3.63) is 80.1 Å². The van der Waals surface area contributed by atoms with E-state index in [-0.39, 0.29) is 52.9 Å². The molecular weight excluding hydrogens is 797 g/mol. The molecule has 300 valence electrons. The summed E-state index contributed by atoms with van der Waals surface area (Å²) >= 11 is 6.17. The summed E-state index contributed by atoms with van der Waals surface area (Å²) in [5, 5.41) is 42.7. The zero-order chi connectivity index (χ0) is 39.7. The highest BCUT2D eigenvalue weighted by Crippen LogP contribution is 2.57. The number of rotatable bonds is 9.